The molecule has 2 nitrogen and oxygen atoms in total. The van der Waals surface area contributed by atoms with Crippen molar-refractivity contribution in [3.8, 4) is 0 Å². The average molecular weight is 218 g/mol. The van der Waals surface area contributed by atoms with E-state index in [1.807, 2.05) is 0 Å². The summed E-state index contributed by atoms with van der Waals surface area (Å²) in [4.78, 5) is 0. The zero-order valence-corrected chi connectivity index (χ0v) is 12.1. The van der Waals surface area contributed by atoms with Crippen LogP contribution in [0.1, 0.15) is 46.0 Å². The monoisotopic (exact) mass is 218 g/mol. The molecule has 0 unspecified atom stereocenters. The lowest BCUT2D eigenvalue weighted by Gasteiger charge is -2.17. The van der Waals surface area contributed by atoms with Crippen molar-refractivity contribution in [2.45, 2.75) is 58.3 Å². The molecule has 86 valence electrons. The van der Waals surface area contributed by atoms with Gasteiger partial charge in [0.2, 0.25) is 0 Å². The molecule has 3 heteroatoms. The van der Waals surface area contributed by atoms with E-state index in [0.29, 0.717) is 0 Å². The molecule has 0 aliphatic carbocycles. The molecule has 0 aromatic heterocycles. The lowest BCUT2D eigenvalue weighted by Crippen LogP contribution is -2.18. The Balaban J connectivity index is 3.44. The first-order chi connectivity index (χ1) is 6.85. The summed E-state index contributed by atoms with van der Waals surface area (Å²) < 4.78 is 11.3. The van der Waals surface area contributed by atoms with Crippen LogP contribution in [0.25, 0.3) is 0 Å². The molecule has 0 bridgehead atoms. The summed E-state index contributed by atoms with van der Waals surface area (Å²) >= 11 is 0. The maximum absolute atomic E-state index is 5.67. The van der Waals surface area contributed by atoms with Crippen LogP contribution >= 0.6 is 0 Å². The molecular weight excluding hydrogens is 192 g/mol. The second-order valence-corrected chi connectivity index (χ2v) is 4.67. The zero-order valence-electron chi connectivity index (χ0n) is 10.1. The van der Waals surface area contributed by atoms with Crippen molar-refractivity contribution < 1.29 is 9.47 Å². The highest BCUT2D eigenvalue weighted by molar-refractivity contribution is 6.08. The Kier molecular flexibility index (Phi) is 11.3. The normalized spacial score (nSPS) is 11.4. The van der Waals surface area contributed by atoms with Gasteiger partial charge in [0, 0.05) is 23.5 Å². The first kappa shape index (κ1) is 14.1. The molecule has 0 rings (SSSR count). The van der Waals surface area contributed by atoms with E-state index < -0.39 is 0 Å². The Morgan fingerprint density at radius 3 is 1.86 bits per heavy atom. The van der Waals surface area contributed by atoms with Gasteiger partial charge in [-0.1, -0.05) is 32.7 Å². The van der Waals surface area contributed by atoms with Gasteiger partial charge < -0.3 is 9.47 Å². The van der Waals surface area contributed by atoms with Gasteiger partial charge >= 0.3 is 0 Å². The van der Waals surface area contributed by atoms with Crippen LogP contribution in [0.4, 0.5) is 0 Å². The van der Waals surface area contributed by atoms with E-state index in [0.717, 1.165) is 32.5 Å². The van der Waals surface area contributed by atoms with Crippen molar-refractivity contribution in [1.29, 1.82) is 0 Å². The molecule has 0 atom stereocenters. The van der Waals surface area contributed by atoms with Gasteiger partial charge in [-0.2, -0.15) is 0 Å². The number of ether oxygens (including phenoxy) is 2. The molecule has 0 radical (unpaired) electrons. The second kappa shape index (κ2) is 11.2. The maximum Gasteiger partial charge on any atom is 0.157 e. The second-order valence-electron chi connectivity index (χ2n) is 3.67. The minimum atomic E-state index is 0.0746. The van der Waals surface area contributed by atoms with E-state index >= 15 is 0 Å². The SMILES string of the molecule is CCCCOC(CC[SiH3])OCCCC. The van der Waals surface area contributed by atoms with Gasteiger partial charge in [0.05, 0.1) is 0 Å². The quantitative estimate of drug-likeness (QED) is 0.318. The fourth-order valence-corrected chi connectivity index (χ4v) is 1.64. The van der Waals surface area contributed by atoms with Crippen LogP contribution in [0.3, 0.4) is 0 Å². The molecule has 0 saturated carbocycles. The summed E-state index contributed by atoms with van der Waals surface area (Å²) in [5.41, 5.74) is 0. The van der Waals surface area contributed by atoms with Crippen molar-refractivity contribution in [2.24, 2.45) is 0 Å². The predicted molar refractivity (Wildman–Crippen MR) is 64.9 cm³/mol. The lowest BCUT2D eigenvalue weighted by atomic mass is 10.3. The Morgan fingerprint density at radius 2 is 1.50 bits per heavy atom. The van der Waals surface area contributed by atoms with Gasteiger partial charge in [-0.05, 0) is 19.3 Å². The first-order valence-corrected chi connectivity index (χ1v) is 7.49. The Labute approximate surface area is 91.8 Å². The molecule has 14 heavy (non-hydrogen) atoms. The third-order valence-corrected chi connectivity index (χ3v) is 2.70. The molecule has 0 saturated heterocycles. The standard InChI is InChI=1S/C11H26O2Si/c1-3-5-8-12-11(7-10-14)13-9-6-4-2/h11H,3-10H2,1-2,14H3. The van der Waals surface area contributed by atoms with Crippen molar-refractivity contribution >= 4 is 10.2 Å². The Bertz CT molecular complexity index is 99.5. The van der Waals surface area contributed by atoms with Crippen molar-refractivity contribution in [3.05, 3.63) is 0 Å². The summed E-state index contributed by atoms with van der Waals surface area (Å²) in [5, 5.41) is 0. The van der Waals surface area contributed by atoms with Gasteiger partial charge in [-0.15, -0.1) is 0 Å². The van der Waals surface area contributed by atoms with E-state index in [-0.39, 0.29) is 6.29 Å². The number of rotatable bonds is 10. The maximum atomic E-state index is 5.67. The molecule has 0 aliphatic rings. The molecule has 0 aromatic carbocycles. The summed E-state index contributed by atoms with van der Waals surface area (Å²) in [5.74, 6) is 0. The zero-order chi connectivity index (χ0) is 10.6. The van der Waals surface area contributed by atoms with Gasteiger partial charge in [-0.25, -0.2) is 0 Å². The van der Waals surface area contributed by atoms with Crippen LogP contribution in [-0.4, -0.2) is 29.7 Å². The van der Waals surface area contributed by atoms with E-state index in [4.69, 9.17) is 9.47 Å². The predicted octanol–water partition coefficient (Wildman–Crippen LogP) is 2.12. The van der Waals surface area contributed by atoms with Crippen LogP contribution in [-0.2, 0) is 9.47 Å². The third kappa shape index (κ3) is 8.72. The van der Waals surface area contributed by atoms with Crippen LogP contribution < -0.4 is 0 Å². The van der Waals surface area contributed by atoms with E-state index in [9.17, 15) is 0 Å². The summed E-state index contributed by atoms with van der Waals surface area (Å²) in [6, 6.07) is 1.27. The van der Waals surface area contributed by atoms with E-state index in [2.05, 4.69) is 13.8 Å². The highest BCUT2D eigenvalue weighted by Crippen LogP contribution is 2.06. The highest BCUT2D eigenvalue weighted by Gasteiger charge is 2.06. The summed E-state index contributed by atoms with van der Waals surface area (Å²) in [7, 11) is 1.25. The van der Waals surface area contributed by atoms with Crippen LogP contribution in [0.15, 0.2) is 0 Å². The molecule has 0 fully saturated rings. The Hall–Kier alpha value is 0.137. The fraction of sp³-hybridized carbons (Fsp3) is 1.00. The van der Waals surface area contributed by atoms with Gasteiger partial charge in [-0.3, -0.25) is 0 Å². The van der Waals surface area contributed by atoms with E-state index in [1.54, 1.807) is 0 Å². The lowest BCUT2D eigenvalue weighted by molar-refractivity contribution is -0.144. The average Bonchev–Trinajstić information content (AvgIpc) is 2.18. The number of hydrogen-bond donors (Lipinski definition) is 0. The van der Waals surface area contributed by atoms with Crippen LogP contribution in [0, 0.1) is 0 Å². The van der Waals surface area contributed by atoms with Gasteiger partial charge in [0.1, 0.15) is 0 Å². The third-order valence-electron chi connectivity index (χ3n) is 2.13. The van der Waals surface area contributed by atoms with Gasteiger partial charge in [0.25, 0.3) is 0 Å². The highest BCUT2D eigenvalue weighted by atomic mass is 28.1. The molecule has 0 amide bonds. The molecule has 0 aliphatic heterocycles. The summed E-state index contributed by atoms with van der Waals surface area (Å²) in [6.45, 7) is 6.08. The topological polar surface area (TPSA) is 18.5 Å². The van der Waals surface area contributed by atoms with Crippen molar-refractivity contribution in [1.82, 2.24) is 0 Å². The molecule has 0 spiro atoms. The molecule has 0 heterocycles. The van der Waals surface area contributed by atoms with Crippen LogP contribution in [0.5, 0.6) is 0 Å². The molecule has 0 N–H and O–H groups in total. The minimum Gasteiger partial charge on any atom is -0.353 e. The fourth-order valence-electron chi connectivity index (χ4n) is 1.17. The largest absolute Gasteiger partial charge is 0.353 e. The first-order valence-electron chi connectivity index (χ1n) is 6.08. The molecular formula is C11H26O2Si. The Morgan fingerprint density at radius 1 is 1.00 bits per heavy atom. The van der Waals surface area contributed by atoms with Gasteiger partial charge in [0.15, 0.2) is 6.29 Å². The van der Waals surface area contributed by atoms with Crippen molar-refractivity contribution in [3.63, 3.8) is 0 Å². The minimum absolute atomic E-state index is 0.0746. The van der Waals surface area contributed by atoms with Crippen LogP contribution in [0.2, 0.25) is 6.04 Å². The van der Waals surface area contributed by atoms with Crippen molar-refractivity contribution in [2.75, 3.05) is 13.2 Å². The summed E-state index contributed by atoms with van der Waals surface area (Å²) in [6.07, 6.45) is 5.85. The van der Waals surface area contributed by atoms with E-state index in [1.165, 1.54) is 29.1 Å². The number of unbranched alkanes of at least 4 members (excludes halogenated alkanes) is 2. The number of hydrogen-bond acceptors (Lipinski definition) is 2. The molecule has 0 aromatic rings. The smallest absolute Gasteiger partial charge is 0.157 e.